The van der Waals surface area contributed by atoms with E-state index in [2.05, 4.69) is 23.8 Å². The highest BCUT2D eigenvalue weighted by Crippen LogP contribution is 2.42. The van der Waals surface area contributed by atoms with Crippen LogP contribution in [0.3, 0.4) is 0 Å². The van der Waals surface area contributed by atoms with Crippen molar-refractivity contribution >= 4 is 17.4 Å². The van der Waals surface area contributed by atoms with Gasteiger partial charge in [0.2, 0.25) is 0 Å². The molecule has 1 unspecified atom stereocenters. The number of carbonyl (C=O) groups is 2. The van der Waals surface area contributed by atoms with Crippen molar-refractivity contribution in [2.45, 2.75) is 46.2 Å². The minimum Gasteiger partial charge on any atom is -0.507 e. The van der Waals surface area contributed by atoms with Crippen LogP contribution in [0.5, 0.6) is 11.5 Å². The van der Waals surface area contributed by atoms with E-state index in [1.807, 2.05) is 23.8 Å². The number of ketones is 1. The van der Waals surface area contributed by atoms with Crippen LogP contribution < -0.4 is 9.47 Å². The first kappa shape index (κ1) is 26.9. The smallest absolute Gasteiger partial charge is 0.295 e. The molecule has 2 aromatic heterocycles. The van der Waals surface area contributed by atoms with Crippen molar-refractivity contribution in [1.29, 1.82) is 0 Å². The Morgan fingerprint density at radius 3 is 2.50 bits per heavy atom. The molecule has 1 N–H and O–H groups in total. The summed E-state index contributed by atoms with van der Waals surface area (Å²) in [5.74, 6) is 0.0286. The normalized spacial score (nSPS) is 16.8. The third-order valence-electron chi connectivity index (χ3n) is 6.40. The zero-order chi connectivity index (χ0) is 27.1. The van der Waals surface area contributed by atoms with Crippen LogP contribution in [0.1, 0.15) is 50.8 Å². The SMILES string of the molecule is CCOc1cc(C2/C(=C(\O)c3ccncc3)C(=O)C(=O)N2CCCn2ccnc2)ccc1OCCC(C)C. The summed E-state index contributed by atoms with van der Waals surface area (Å²) in [6.45, 7) is 8.07. The number of carbonyl (C=O) groups excluding carboxylic acids is 2. The molecule has 1 saturated heterocycles. The molecule has 3 aromatic rings. The number of Topliss-reactive ketones (excluding diaryl/α,β-unsaturated/α-hetero) is 1. The van der Waals surface area contributed by atoms with E-state index in [-0.39, 0.29) is 11.3 Å². The van der Waals surface area contributed by atoms with E-state index < -0.39 is 17.7 Å². The first-order chi connectivity index (χ1) is 18.4. The molecule has 4 rings (SSSR count). The monoisotopic (exact) mass is 518 g/mol. The number of nitrogens with zero attached hydrogens (tertiary/aromatic N) is 4. The number of benzene rings is 1. The fourth-order valence-corrected chi connectivity index (χ4v) is 4.45. The minimum absolute atomic E-state index is 0.0414. The van der Waals surface area contributed by atoms with Crippen LogP contribution in [0.25, 0.3) is 5.76 Å². The maximum atomic E-state index is 13.3. The molecular weight excluding hydrogens is 484 g/mol. The second-order valence-electron chi connectivity index (χ2n) is 9.55. The largest absolute Gasteiger partial charge is 0.507 e. The van der Waals surface area contributed by atoms with E-state index in [0.717, 1.165) is 6.42 Å². The van der Waals surface area contributed by atoms with Crippen molar-refractivity contribution in [1.82, 2.24) is 19.4 Å². The summed E-state index contributed by atoms with van der Waals surface area (Å²) in [7, 11) is 0. The molecule has 38 heavy (non-hydrogen) atoms. The number of amides is 1. The predicted molar refractivity (Wildman–Crippen MR) is 143 cm³/mol. The number of ether oxygens (including phenoxy) is 2. The second-order valence-corrected chi connectivity index (χ2v) is 9.55. The molecule has 1 fully saturated rings. The molecule has 1 atom stereocenters. The Labute approximate surface area is 222 Å². The first-order valence-electron chi connectivity index (χ1n) is 12.9. The van der Waals surface area contributed by atoms with Crippen LogP contribution in [-0.4, -0.2) is 56.0 Å². The summed E-state index contributed by atoms with van der Waals surface area (Å²) in [5, 5.41) is 11.2. The van der Waals surface area contributed by atoms with Gasteiger partial charge in [-0.25, -0.2) is 4.98 Å². The first-order valence-corrected chi connectivity index (χ1v) is 12.9. The van der Waals surface area contributed by atoms with Crippen LogP contribution in [0.4, 0.5) is 0 Å². The molecule has 1 aromatic carbocycles. The van der Waals surface area contributed by atoms with Crippen LogP contribution in [-0.2, 0) is 16.1 Å². The lowest BCUT2D eigenvalue weighted by Crippen LogP contribution is -2.31. The van der Waals surface area contributed by atoms with Crippen LogP contribution in [0, 0.1) is 5.92 Å². The molecule has 0 aliphatic carbocycles. The summed E-state index contributed by atoms with van der Waals surface area (Å²) >= 11 is 0. The number of likely N-dealkylation sites (tertiary alicyclic amines) is 1. The van der Waals surface area contributed by atoms with E-state index in [9.17, 15) is 14.7 Å². The highest BCUT2D eigenvalue weighted by atomic mass is 16.5. The Kier molecular flexibility index (Phi) is 8.78. The lowest BCUT2D eigenvalue weighted by Gasteiger charge is -2.26. The Balaban J connectivity index is 1.72. The van der Waals surface area contributed by atoms with Gasteiger partial charge >= 0.3 is 0 Å². The summed E-state index contributed by atoms with van der Waals surface area (Å²) in [5.41, 5.74) is 1.11. The third kappa shape index (κ3) is 6.04. The van der Waals surface area contributed by atoms with E-state index in [0.29, 0.717) is 61.3 Å². The van der Waals surface area contributed by atoms with E-state index >= 15 is 0 Å². The number of rotatable bonds is 12. The van der Waals surface area contributed by atoms with Gasteiger partial charge in [0.1, 0.15) is 5.76 Å². The number of pyridine rings is 1. The Morgan fingerprint density at radius 1 is 1.03 bits per heavy atom. The van der Waals surface area contributed by atoms with E-state index in [1.165, 1.54) is 17.3 Å². The molecule has 1 amide bonds. The average Bonchev–Trinajstić information content (AvgIpc) is 3.52. The molecule has 9 heteroatoms. The fraction of sp³-hybridized carbons (Fsp3) is 0.379. The van der Waals surface area contributed by atoms with Gasteiger partial charge < -0.3 is 24.0 Å². The van der Waals surface area contributed by atoms with Crippen molar-refractivity contribution in [3.8, 4) is 11.5 Å². The summed E-state index contributed by atoms with van der Waals surface area (Å²) < 4.78 is 13.8. The topological polar surface area (TPSA) is 107 Å². The zero-order valence-corrected chi connectivity index (χ0v) is 22.0. The number of aryl methyl sites for hydroxylation is 1. The summed E-state index contributed by atoms with van der Waals surface area (Å²) in [4.78, 5) is 36.1. The predicted octanol–water partition coefficient (Wildman–Crippen LogP) is 4.61. The van der Waals surface area contributed by atoms with Gasteiger partial charge in [-0.15, -0.1) is 0 Å². The maximum Gasteiger partial charge on any atom is 0.295 e. The highest BCUT2D eigenvalue weighted by Gasteiger charge is 2.46. The summed E-state index contributed by atoms with van der Waals surface area (Å²) in [6, 6.07) is 7.86. The van der Waals surface area contributed by atoms with Crippen molar-refractivity contribution in [2.24, 2.45) is 5.92 Å². The standard InChI is InChI=1S/C29H34N4O5/c1-4-37-24-18-22(6-7-23(24)38-17-10-20(2)3)26-25(27(34)21-8-11-30-12-9-21)28(35)29(36)33(26)15-5-14-32-16-13-31-19-32/h6-9,11-13,16,18-20,26,34H,4-5,10,14-15,17H2,1-3H3/b27-25+. The van der Waals surface area contributed by atoms with Gasteiger partial charge in [-0.3, -0.25) is 14.6 Å². The van der Waals surface area contributed by atoms with Gasteiger partial charge in [-0.05, 0) is 55.5 Å². The molecular formula is C29H34N4O5. The third-order valence-corrected chi connectivity index (χ3v) is 6.40. The molecule has 0 bridgehead atoms. The zero-order valence-electron chi connectivity index (χ0n) is 22.0. The number of aliphatic hydroxyl groups is 1. The number of hydrogen-bond acceptors (Lipinski definition) is 7. The number of hydrogen-bond donors (Lipinski definition) is 1. The lowest BCUT2D eigenvalue weighted by atomic mass is 9.95. The molecule has 1 aliphatic rings. The molecule has 0 radical (unpaired) electrons. The van der Waals surface area contributed by atoms with E-state index in [4.69, 9.17) is 9.47 Å². The average molecular weight is 519 g/mol. The van der Waals surface area contributed by atoms with Crippen LogP contribution >= 0.6 is 0 Å². The molecule has 0 spiro atoms. The van der Waals surface area contributed by atoms with Crippen molar-refractivity contribution in [3.63, 3.8) is 0 Å². The Bertz CT molecular complexity index is 1270. The van der Waals surface area contributed by atoms with Crippen molar-refractivity contribution < 1.29 is 24.2 Å². The maximum absolute atomic E-state index is 13.3. The summed E-state index contributed by atoms with van der Waals surface area (Å²) in [6.07, 6.45) is 9.81. The van der Waals surface area contributed by atoms with Gasteiger partial charge in [-0.1, -0.05) is 19.9 Å². The van der Waals surface area contributed by atoms with Crippen LogP contribution in [0.2, 0.25) is 0 Å². The minimum atomic E-state index is -0.783. The van der Waals surface area contributed by atoms with Gasteiger partial charge in [0, 0.05) is 43.4 Å². The van der Waals surface area contributed by atoms with Crippen LogP contribution in [0.15, 0.2) is 67.0 Å². The van der Waals surface area contributed by atoms with Gasteiger partial charge in [0.15, 0.2) is 11.5 Å². The van der Waals surface area contributed by atoms with Gasteiger partial charge in [-0.2, -0.15) is 0 Å². The molecule has 0 saturated carbocycles. The lowest BCUT2D eigenvalue weighted by molar-refractivity contribution is -0.139. The molecule has 3 heterocycles. The van der Waals surface area contributed by atoms with Crippen molar-refractivity contribution in [2.75, 3.05) is 19.8 Å². The van der Waals surface area contributed by atoms with E-state index in [1.54, 1.807) is 36.8 Å². The Morgan fingerprint density at radius 2 is 1.82 bits per heavy atom. The van der Waals surface area contributed by atoms with Gasteiger partial charge in [0.05, 0.1) is 31.2 Å². The highest BCUT2D eigenvalue weighted by molar-refractivity contribution is 6.46. The molecule has 1 aliphatic heterocycles. The molecule has 9 nitrogen and oxygen atoms in total. The second kappa shape index (κ2) is 12.4. The Hall–Kier alpha value is -4.14. The fourth-order valence-electron chi connectivity index (χ4n) is 4.45. The number of aliphatic hydroxyl groups excluding tert-OH is 1. The quantitative estimate of drug-likeness (QED) is 0.212. The van der Waals surface area contributed by atoms with Gasteiger partial charge in [0.25, 0.3) is 11.7 Å². The number of imidazole rings is 1. The van der Waals surface area contributed by atoms with Crippen molar-refractivity contribution in [3.05, 3.63) is 78.1 Å². The molecule has 200 valence electrons. The number of aromatic nitrogens is 3.